The Morgan fingerprint density at radius 1 is 1.39 bits per heavy atom. The third kappa shape index (κ3) is 3.83. The molecule has 0 spiro atoms. The molecule has 0 saturated carbocycles. The molecule has 2 amide bonds. The van der Waals surface area contributed by atoms with Crippen LogP contribution >= 0.6 is 0 Å². The van der Waals surface area contributed by atoms with Crippen LogP contribution in [0.5, 0.6) is 0 Å². The van der Waals surface area contributed by atoms with Gasteiger partial charge in [0, 0.05) is 11.3 Å². The molecule has 0 heterocycles. The number of aliphatic hydroxyl groups excluding tert-OH is 1. The van der Waals surface area contributed by atoms with Crippen LogP contribution in [0.15, 0.2) is 24.3 Å². The topological polar surface area (TPSA) is 118 Å². The normalized spacial score (nSPS) is 13.7. The molecule has 98 valence electrons. The number of rotatable bonds is 5. The molecule has 0 bridgehead atoms. The third-order valence-corrected chi connectivity index (χ3v) is 2.43. The molecule has 2 unspecified atom stereocenters. The molecule has 6 nitrogen and oxygen atoms in total. The molecule has 0 aliphatic rings. The number of primary amides is 1. The van der Waals surface area contributed by atoms with E-state index >= 15 is 0 Å². The summed E-state index contributed by atoms with van der Waals surface area (Å²) in [5.74, 6) is -1.15. The molecular weight excluding hydrogens is 234 g/mol. The lowest BCUT2D eigenvalue weighted by atomic mass is 10.1. The minimum atomic E-state index is -0.996. The van der Waals surface area contributed by atoms with E-state index in [1.165, 1.54) is 0 Å². The second-order valence-electron chi connectivity index (χ2n) is 4.03. The first-order chi connectivity index (χ1) is 8.41. The van der Waals surface area contributed by atoms with E-state index < -0.39 is 24.0 Å². The molecule has 6 heteroatoms. The quantitative estimate of drug-likeness (QED) is 0.583. The van der Waals surface area contributed by atoms with Crippen LogP contribution in [0, 0.1) is 0 Å². The van der Waals surface area contributed by atoms with E-state index in [-0.39, 0.29) is 6.42 Å². The highest BCUT2D eigenvalue weighted by Crippen LogP contribution is 2.22. The molecular formula is C12H17N3O3. The minimum Gasteiger partial charge on any atom is -0.389 e. The number of carbonyl (C=O) groups is 2. The zero-order valence-corrected chi connectivity index (χ0v) is 10.1. The number of hydrogen-bond acceptors (Lipinski definition) is 4. The van der Waals surface area contributed by atoms with Crippen LogP contribution in [0.3, 0.4) is 0 Å². The summed E-state index contributed by atoms with van der Waals surface area (Å²) in [6, 6.07) is 5.82. The Hall–Kier alpha value is -1.92. The SMILES string of the molecule is CC(O)c1ccccc1NC(=O)C(N)CC(N)=O. The molecule has 0 aliphatic heterocycles. The van der Waals surface area contributed by atoms with E-state index in [0.29, 0.717) is 11.3 Å². The van der Waals surface area contributed by atoms with Gasteiger partial charge in [-0.25, -0.2) is 0 Å². The first-order valence-corrected chi connectivity index (χ1v) is 5.53. The Morgan fingerprint density at radius 2 is 2.00 bits per heavy atom. The number of hydrogen-bond donors (Lipinski definition) is 4. The lowest BCUT2D eigenvalue weighted by Gasteiger charge is -2.15. The maximum absolute atomic E-state index is 11.7. The van der Waals surface area contributed by atoms with Gasteiger partial charge in [0.25, 0.3) is 0 Å². The zero-order chi connectivity index (χ0) is 13.7. The minimum absolute atomic E-state index is 0.220. The van der Waals surface area contributed by atoms with E-state index in [9.17, 15) is 14.7 Å². The summed E-state index contributed by atoms with van der Waals surface area (Å²) in [6.07, 6.45) is -0.934. The van der Waals surface area contributed by atoms with E-state index in [2.05, 4.69) is 5.32 Å². The van der Waals surface area contributed by atoms with Gasteiger partial charge in [-0.1, -0.05) is 18.2 Å². The van der Waals surface area contributed by atoms with Crippen LogP contribution in [0.1, 0.15) is 25.0 Å². The summed E-state index contributed by atoms with van der Waals surface area (Å²) in [4.78, 5) is 22.4. The average molecular weight is 251 g/mol. The Morgan fingerprint density at radius 3 is 2.56 bits per heavy atom. The predicted molar refractivity (Wildman–Crippen MR) is 67.5 cm³/mol. The van der Waals surface area contributed by atoms with Crippen molar-refractivity contribution in [1.82, 2.24) is 0 Å². The maximum Gasteiger partial charge on any atom is 0.241 e. The van der Waals surface area contributed by atoms with E-state index in [0.717, 1.165) is 0 Å². The summed E-state index contributed by atoms with van der Waals surface area (Å²) in [5.41, 5.74) is 11.5. The summed E-state index contributed by atoms with van der Waals surface area (Å²) in [5, 5.41) is 12.1. The highest BCUT2D eigenvalue weighted by Gasteiger charge is 2.17. The zero-order valence-electron chi connectivity index (χ0n) is 10.1. The molecule has 1 aromatic rings. The molecule has 0 fully saturated rings. The van der Waals surface area contributed by atoms with Gasteiger partial charge in [-0.15, -0.1) is 0 Å². The number of aliphatic hydroxyl groups is 1. The molecule has 0 aromatic heterocycles. The average Bonchev–Trinajstić information content (AvgIpc) is 2.28. The van der Waals surface area contributed by atoms with E-state index in [1.54, 1.807) is 31.2 Å². The van der Waals surface area contributed by atoms with Crippen LogP contribution in [0.25, 0.3) is 0 Å². The van der Waals surface area contributed by atoms with Crippen molar-refractivity contribution in [2.75, 3.05) is 5.32 Å². The standard InChI is InChI=1S/C12H17N3O3/c1-7(16)8-4-2-3-5-10(8)15-12(18)9(13)6-11(14)17/h2-5,7,9,16H,6,13H2,1H3,(H2,14,17)(H,15,18). The summed E-state index contributed by atoms with van der Waals surface area (Å²) in [6.45, 7) is 1.59. The summed E-state index contributed by atoms with van der Waals surface area (Å²) in [7, 11) is 0. The number of nitrogens with one attached hydrogen (secondary N) is 1. The van der Waals surface area contributed by atoms with Crippen molar-refractivity contribution in [3.05, 3.63) is 29.8 Å². The highest BCUT2D eigenvalue weighted by atomic mass is 16.3. The lowest BCUT2D eigenvalue weighted by molar-refractivity contribution is -0.123. The van der Waals surface area contributed by atoms with Crippen LogP contribution in [-0.4, -0.2) is 23.0 Å². The van der Waals surface area contributed by atoms with Crippen LogP contribution in [0.2, 0.25) is 0 Å². The summed E-state index contributed by atoms with van der Waals surface area (Å²) >= 11 is 0. The monoisotopic (exact) mass is 251 g/mol. The molecule has 0 saturated heterocycles. The largest absolute Gasteiger partial charge is 0.389 e. The molecule has 2 atom stereocenters. The fourth-order valence-electron chi connectivity index (χ4n) is 1.51. The van der Waals surface area contributed by atoms with Gasteiger partial charge in [-0.3, -0.25) is 9.59 Å². The Balaban J connectivity index is 2.78. The first-order valence-electron chi connectivity index (χ1n) is 5.53. The lowest BCUT2D eigenvalue weighted by Crippen LogP contribution is -2.39. The van der Waals surface area contributed by atoms with E-state index in [1.807, 2.05) is 0 Å². The van der Waals surface area contributed by atoms with Crippen molar-refractivity contribution in [2.24, 2.45) is 11.5 Å². The third-order valence-electron chi connectivity index (χ3n) is 2.43. The van der Waals surface area contributed by atoms with Gasteiger partial charge in [0.05, 0.1) is 18.6 Å². The Kier molecular flexibility index (Phi) is 4.82. The number of benzene rings is 1. The number of para-hydroxylation sites is 1. The number of anilines is 1. The second kappa shape index (κ2) is 6.13. The van der Waals surface area contributed by atoms with Crippen molar-refractivity contribution in [3.63, 3.8) is 0 Å². The fraction of sp³-hybridized carbons (Fsp3) is 0.333. The van der Waals surface area contributed by atoms with Crippen molar-refractivity contribution in [2.45, 2.75) is 25.5 Å². The molecule has 1 rings (SSSR count). The molecule has 0 radical (unpaired) electrons. The van der Waals surface area contributed by atoms with Crippen LogP contribution in [-0.2, 0) is 9.59 Å². The van der Waals surface area contributed by atoms with Crippen molar-refractivity contribution in [3.8, 4) is 0 Å². The second-order valence-corrected chi connectivity index (χ2v) is 4.03. The van der Waals surface area contributed by atoms with Gasteiger partial charge in [-0.05, 0) is 13.0 Å². The highest BCUT2D eigenvalue weighted by molar-refractivity contribution is 5.97. The van der Waals surface area contributed by atoms with Gasteiger partial charge in [0.2, 0.25) is 11.8 Å². The smallest absolute Gasteiger partial charge is 0.241 e. The number of carbonyl (C=O) groups excluding carboxylic acids is 2. The molecule has 18 heavy (non-hydrogen) atoms. The fourth-order valence-corrected chi connectivity index (χ4v) is 1.51. The maximum atomic E-state index is 11.7. The number of amides is 2. The summed E-state index contributed by atoms with van der Waals surface area (Å²) < 4.78 is 0. The molecule has 6 N–H and O–H groups in total. The van der Waals surface area contributed by atoms with Crippen molar-refractivity contribution < 1.29 is 14.7 Å². The Labute approximate surface area is 105 Å². The molecule has 0 aliphatic carbocycles. The predicted octanol–water partition coefficient (Wildman–Crippen LogP) is -0.119. The van der Waals surface area contributed by atoms with Gasteiger partial charge in [0.15, 0.2) is 0 Å². The first kappa shape index (κ1) is 14.1. The van der Waals surface area contributed by atoms with Crippen LogP contribution in [0.4, 0.5) is 5.69 Å². The van der Waals surface area contributed by atoms with Gasteiger partial charge in [-0.2, -0.15) is 0 Å². The number of nitrogens with two attached hydrogens (primary N) is 2. The molecule has 1 aromatic carbocycles. The van der Waals surface area contributed by atoms with Crippen molar-refractivity contribution >= 4 is 17.5 Å². The van der Waals surface area contributed by atoms with Crippen molar-refractivity contribution in [1.29, 1.82) is 0 Å². The Bertz CT molecular complexity index is 446. The van der Waals surface area contributed by atoms with E-state index in [4.69, 9.17) is 11.5 Å². The van der Waals surface area contributed by atoms with Gasteiger partial charge < -0.3 is 21.9 Å². The van der Waals surface area contributed by atoms with Crippen LogP contribution < -0.4 is 16.8 Å². The van der Waals surface area contributed by atoms with Gasteiger partial charge in [0.1, 0.15) is 0 Å². The van der Waals surface area contributed by atoms with Gasteiger partial charge >= 0.3 is 0 Å².